The van der Waals surface area contributed by atoms with Crippen LogP contribution in [0.25, 0.3) is 0 Å². The topological polar surface area (TPSA) is 49.4 Å². The number of hydrogen-bond acceptors (Lipinski definition) is 2. The Kier molecular flexibility index (Phi) is 2.90. The summed E-state index contributed by atoms with van der Waals surface area (Å²) in [5.41, 5.74) is 1.45. The average molecular weight is 218 g/mol. The van der Waals surface area contributed by atoms with Crippen LogP contribution >= 0.6 is 0 Å². The van der Waals surface area contributed by atoms with E-state index in [1.807, 2.05) is 19.1 Å². The van der Waals surface area contributed by atoms with E-state index in [-0.39, 0.29) is 11.8 Å². The number of hydrogen-bond donors (Lipinski definition) is 1. The normalized spacial score (nSPS) is 15.1. The lowest BCUT2D eigenvalue weighted by molar-refractivity contribution is 0.0988. The van der Waals surface area contributed by atoms with E-state index in [4.69, 9.17) is 0 Å². The van der Waals surface area contributed by atoms with Crippen molar-refractivity contribution in [2.45, 2.75) is 13.3 Å². The molecule has 2 amide bonds. The second-order valence-corrected chi connectivity index (χ2v) is 3.71. The Bertz CT molecular complexity index is 429. The van der Waals surface area contributed by atoms with Crippen LogP contribution < -0.4 is 10.2 Å². The molecule has 1 saturated heterocycles. The molecule has 0 aliphatic carbocycles. The van der Waals surface area contributed by atoms with Crippen LogP contribution in [0.5, 0.6) is 0 Å². The molecule has 1 aliphatic heterocycles. The molecule has 0 aromatic heterocycles. The van der Waals surface area contributed by atoms with Crippen LogP contribution in [0.4, 0.5) is 10.5 Å². The second kappa shape index (κ2) is 4.35. The number of ketones is 1. The first kappa shape index (κ1) is 10.7. The SMILES string of the molecule is CCC(=O)c1cccc(N2CCNC2=O)c1. The Hall–Kier alpha value is -1.84. The van der Waals surface area contributed by atoms with Crippen molar-refractivity contribution in [1.82, 2.24) is 5.32 Å². The largest absolute Gasteiger partial charge is 0.336 e. The molecule has 4 nitrogen and oxygen atoms in total. The molecule has 0 spiro atoms. The fourth-order valence-corrected chi connectivity index (χ4v) is 1.77. The van der Waals surface area contributed by atoms with Crippen LogP contribution in [0.3, 0.4) is 0 Å². The zero-order valence-electron chi connectivity index (χ0n) is 9.19. The lowest BCUT2D eigenvalue weighted by atomic mass is 10.1. The van der Waals surface area contributed by atoms with Crippen LogP contribution in [-0.4, -0.2) is 24.9 Å². The van der Waals surface area contributed by atoms with E-state index < -0.39 is 0 Å². The van der Waals surface area contributed by atoms with Gasteiger partial charge in [0.05, 0.1) is 0 Å². The highest BCUT2D eigenvalue weighted by Gasteiger charge is 2.21. The minimum Gasteiger partial charge on any atom is -0.336 e. The Morgan fingerprint density at radius 2 is 2.31 bits per heavy atom. The number of benzene rings is 1. The molecule has 1 aromatic carbocycles. The predicted molar refractivity (Wildman–Crippen MR) is 61.8 cm³/mol. The molecular weight excluding hydrogens is 204 g/mol. The molecular formula is C12H14N2O2. The Labute approximate surface area is 94.2 Å². The van der Waals surface area contributed by atoms with E-state index in [1.165, 1.54) is 0 Å². The molecule has 4 heteroatoms. The van der Waals surface area contributed by atoms with Crippen LogP contribution in [0, 0.1) is 0 Å². The summed E-state index contributed by atoms with van der Waals surface area (Å²) < 4.78 is 0. The smallest absolute Gasteiger partial charge is 0.321 e. The zero-order valence-corrected chi connectivity index (χ0v) is 9.19. The summed E-state index contributed by atoms with van der Waals surface area (Å²) in [7, 11) is 0. The summed E-state index contributed by atoms with van der Waals surface area (Å²) in [5.74, 6) is 0.0986. The molecule has 0 unspecified atom stereocenters. The first-order chi connectivity index (χ1) is 7.72. The number of amides is 2. The molecule has 84 valence electrons. The highest BCUT2D eigenvalue weighted by atomic mass is 16.2. The summed E-state index contributed by atoms with van der Waals surface area (Å²) in [5, 5.41) is 2.73. The lowest BCUT2D eigenvalue weighted by Crippen LogP contribution is -2.27. The van der Waals surface area contributed by atoms with Crippen molar-refractivity contribution in [3.05, 3.63) is 29.8 Å². The average Bonchev–Trinajstić information content (AvgIpc) is 2.74. The van der Waals surface area contributed by atoms with Gasteiger partial charge in [-0.3, -0.25) is 9.69 Å². The second-order valence-electron chi connectivity index (χ2n) is 3.71. The molecule has 0 radical (unpaired) electrons. The molecule has 16 heavy (non-hydrogen) atoms. The van der Waals surface area contributed by atoms with Gasteiger partial charge < -0.3 is 5.32 Å². The number of nitrogens with one attached hydrogen (secondary N) is 1. The van der Waals surface area contributed by atoms with Gasteiger partial charge in [-0.15, -0.1) is 0 Å². The molecule has 1 fully saturated rings. The molecule has 1 heterocycles. The van der Waals surface area contributed by atoms with E-state index in [2.05, 4.69) is 5.32 Å². The summed E-state index contributed by atoms with van der Waals surface area (Å²) in [4.78, 5) is 24.6. The van der Waals surface area contributed by atoms with Crippen molar-refractivity contribution < 1.29 is 9.59 Å². The molecule has 1 N–H and O–H groups in total. The lowest BCUT2D eigenvalue weighted by Gasteiger charge is -2.14. The zero-order chi connectivity index (χ0) is 11.5. The predicted octanol–water partition coefficient (Wildman–Crippen LogP) is 1.81. The van der Waals surface area contributed by atoms with Crippen molar-refractivity contribution in [2.24, 2.45) is 0 Å². The molecule has 1 aliphatic rings. The van der Waals surface area contributed by atoms with Gasteiger partial charge in [0.25, 0.3) is 0 Å². The van der Waals surface area contributed by atoms with Crippen LogP contribution in [-0.2, 0) is 0 Å². The van der Waals surface area contributed by atoms with Gasteiger partial charge in [-0.05, 0) is 12.1 Å². The van der Waals surface area contributed by atoms with Crippen LogP contribution in [0.2, 0.25) is 0 Å². The van der Waals surface area contributed by atoms with Gasteiger partial charge in [-0.25, -0.2) is 4.79 Å². The van der Waals surface area contributed by atoms with Gasteiger partial charge in [-0.2, -0.15) is 0 Å². The quantitative estimate of drug-likeness (QED) is 0.786. The van der Waals surface area contributed by atoms with E-state index >= 15 is 0 Å². The number of carbonyl (C=O) groups is 2. The maximum absolute atomic E-state index is 11.5. The van der Waals surface area contributed by atoms with Crippen molar-refractivity contribution in [3.63, 3.8) is 0 Å². The Balaban J connectivity index is 2.28. The Morgan fingerprint density at radius 3 is 2.94 bits per heavy atom. The fourth-order valence-electron chi connectivity index (χ4n) is 1.77. The van der Waals surface area contributed by atoms with E-state index in [9.17, 15) is 9.59 Å². The minimum absolute atomic E-state index is 0.0962. The maximum Gasteiger partial charge on any atom is 0.321 e. The van der Waals surface area contributed by atoms with E-state index in [0.717, 1.165) is 5.69 Å². The van der Waals surface area contributed by atoms with Crippen LogP contribution in [0.15, 0.2) is 24.3 Å². The molecule has 0 atom stereocenters. The number of anilines is 1. The highest BCUT2D eigenvalue weighted by Crippen LogP contribution is 2.18. The van der Waals surface area contributed by atoms with Gasteiger partial charge >= 0.3 is 6.03 Å². The summed E-state index contributed by atoms with van der Waals surface area (Å²) in [6.07, 6.45) is 0.482. The van der Waals surface area contributed by atoms with Gasteiger partial charge in [0, 0.05) is 30.8 Å². The molecule has 1 aromatic rings. The standard InChI is InChI=1S/C12H14N2O2/c1-2-11(15)9-4-3-5-10(8-9)14-7-6-13-12(14)16/h3-5,8H,2,6-7H2,1H3,(H,13,16). The maximum atomic E-state index is 11.5. The molecule has 0 saturated carbocycles. The summed E-state index contributed by atoms with van der Waals surface area (Å²) in [6, 6.07) is 7.11. The highest BCUT2D eigenvalue weighted by molar-refractivity contribution is 5.99. The van der Waals surface area contributed by atoms with Gasteiger partial charge in [-0.1, -0.05) is 19.1 Å². The number of nitrogens with zero attached hydrogens (tertiary/aromatic N) is 1. The third kappa shape index (κ3) is 1.91. The van der Waals surface area contributed by atoms with Crippen molar-refractivity contribution in [1.29, 1.82) is 0 Å². The summed E-state index contributed by atoms with van der Waals surface area (Å²) in [6.45, 7) is 3.14. The first-order valence-electron chi connectivity index (χ1n) is 5.41. The first-order valence-corrected chi connectivity index (χ1v) is 5.41. The number of rotatable bonds is 3. The van der Waals surface area contributed by atoms with Crippen molar-refractivity contribution in [3.8, 4) is 0 Å². The minimum atomic E-state index is -0.0962. The third-order valence-corrected chi connectivity index (χ3v) is 2.66. The van der Waals surface area contributed by atoms with Crippen molar-refractivity contribution >= 4 is 17.5 Å². The monoisotopic (exact) mass is 218 g/mol. The number of urea groups is 1. The molecule has 0 bridgehead atoms. The Morgan fingerprint density at radius 1 is 1.50 bits per heavy atom. The van der Waals surface area contributed by atoms with Gasteiger partial charge in [0.1, 0.15) is 0 Å². The van der Waals surface area contributed by atoms with E-state index in [0.29, 0.717) is 25.1 Å². The summed E-state index contributed by atoms with van der Waals surface area (Å²) >= 11 is 0. The van der Waals surface area contributed by atoms with Crippen LogP contribution in [0.1, 0.15) is 23.7 Å². The molecule has 2 rings (SSSR count). The van der Waals surface area contributed by atoms with Crippen molar-refractivity contribution in [2.75, 3.05) is 18.0 Å². The third-order valence-electron chi connectivity index (χ3n) is 2.66. The van der Waals surface area contributed by atoms with Gasteiger partial charge in [0.15, 0.2) is 5.78 Å². The number of Topliss-reactive ketones (excluding diaryl/α,β-unsaturated/α-hetero) is 1. The van der Waals surface area contributed by atoms with E-state index in [1.54, 1.807) is 17.0 Å². The number of carbonyl (C=O) groups excluding carboxylic acids is 2. The fraction of sp³-hybridized carbons (Fsp3) is 0.333. The van der Waals surface area contributed by atoms with Gasteiger partial charge in [0.2, 0.25) is 0 Å².